The highest BCUT2D eigenvalue weighted by Gasteiger charge is 2.19. The summed E-state index contributed by atoms with van der Waals surface area (Å²) >= 11 is 0. The van der Waals surface area contributed by atoms with Gasteiger partial charge in [0.1, 0.15) is 0 Å². The molecule has 2 rings (SSSR count). The average Bonchev–Trinajstić information content (AvgIpc) is 2.37. The molecule has 0 atom stereocenters. The van der Waals surface area contributed by atoms with E-state index < -0.39 is 5.97 Å². The monoisotopic (exact) mass is 259 g/mol. The number of carbonyl (C=O) groups is 1. The molecule has 0 aliphatic heterocycles. The lowest BCUT2D eigenvalue weighted by Crippen LogP contribution is -2.31. The summed E-state index contributed by atoms with van der Waals surface area (Å²) in [7, 11) is 0. The summed E-state index contributed by atoms with van der Waals surface area (Å²) in [4.78, 5) is 10.7. The molecule has 0 aliphatic carbocycles. The molecule has 0 spiro atoms. The lowest BCUT2D eigenvalue weighted by atomic mass is 9.97. The first-order chi connectivity index (χ1) is 8.98. The Bertz CT molecular complexity index is 591. The summed E-state index contributed by atoms with van der Waals surface area (Å²) in [6.45, 7) is 3.95. The Balaban J connectivity index is 2.23. The molecule has 0 radical (unpaired) electrons. The number of anilines is 1. The zero-order chi connectivity index (χ0) is 13.9. The second kappa shape index (κ2) is 5.22. The molecule has 100 valence electrons. The van der Waals surface area contributed by atoms with Crippen molar-refractivity contribution in [3.63, 3.8) is 0 Å². The van der Waals surface area contributed by atoms with E-state index in [1.54, 1.807) is 6.20 Å². The van der Waals surface area contributed by atoms with Crippen LogP contribution in [0, 0.1) is 0 Å². The maximum absolute atomic E-state index is 10.7. The van der Waals surface area contributed by atoms with Gasteiger partial charge in [-0.1, -0.05) is 18.2 Å². The largest absolute Gasteiger partial charge is 0.481 e. The maximum Gasteiger partial charge on any atom is 0.303 e. The van der Waals surface area contributed by atoms with Gasteiger partial charge in [-0.05, 0) is 26.3 Å². The molecule has 0 aliphatic rings. The number of nitrogens with zero attached hydrogens (tertiary/aromatic N) is 2. The van der Waals surface area contributed by atoms with Gasteiger partial charge in [0.15, 0.2) is 0 Å². The van der Waals surface area contributed by atoms with Crippen molar-refractivity contribution < 1.29 is 9.90 Å². The molecular formula is C14H17N3O2. The van der Waals surface area contributed by atoms with Gasteiger partial charge >= 0.3 is 5.97 Å². The molecule has 5 nitrogen and oxygen atoms in total. The van der Waals surface area contributed by atoms with Gasteiger partial charge in [-0.25, -0.2) is 0 Å². The topological polar surface area (TPSA) is 75.1 Å². The first kappa shape index (κ1) is 13.3. The van der Waals surface area contributed by atoms with Gasteiger partial charge < -0.3 is 10.4 Å². The van der Waals surface area contributed by atoms with Gasteiger partial charge in [0.25, 0.3) is 0 Å². The summed E-state index contributed by atoms with van der Waals surface area (Å²) in [5.41, 5.74) is 1.38. The van der Waals surface area contributed by atoms with Gasteiger partial charge in [0.2, 0.25) is 0 Å². The highest BCUT2D eigenvalue weighted by Crippen LogP contribution is 2.25. The van der Waals surface area contributed by atoms with E-state index in [-0.39, 0.29) is 12.0 Å². The normalized spacial score (nSPS) is 11.5. The smallest absolute Gasteiger partial charge is 0.303 e. The first-order valence-corrected chi connectivity index (χ1v) is 6.18. The fourth-order valence-corrected chi connectivity index (χ4v) is 1.95. The fraction of sp³-hybridized carbons (Fsp3) is 0.357. The highest BCUT2D eigenvalue weighted by molar-refractivity contribution is 5.90. The van der Waals surface area contributed by atoms with Crippen molar-refractivity contribution in [3.05, 3.63) is 30.5 Å². The Kier molecular flexibility index (Phi) is 3.64. The predicted octanol–water partition coefficient (Wildman–Crippen LogP) is 2.69. The second-order valence-corrected chi connectivity index (χ2v) is 5.18. The summed E-state index contributed by atoms with van der Waals surface area (Å²) in [5.74, 6) is -0.785. The minimum absolute atomic E-state index is 0.135. The van der Waals surface area contributed by atoms with Gasteiger partial charge in [0.05, 0.1) is 17.4 Å². The number of aromatic nitrogens is 2. The lowest BCUT2D eigenvalue weighted by molar-refractivity contribution is -0.137. The van der Waals surface area contributed by atoms with Crippen molar-refractivity contribution in [1.29, 1.82) is 0 Å². The van der Waals surface area contributed by atoms with Crippen LogP contribution in [0.1, 0.15) is 26.7 Å². The maximum atomic E-state index is 10.7. The lowest BCUT2D eigenvalue weighted by Gasteiger charge is -2.27. The van der Waals surface area contributed by atoms with Crippen LogP contribution >= 0.6 is 0 Å². The number of benzene rings is 1. The third-order valence-corrected chi connectivity index (χ3v) is 2.98. The molecule has 2 aromatic rings. The quantitative estimate of drug-likeness (QED) is 0.863. The Labute approximate surface area is 111 Å². The molecule has 0 amide bonds. The van der Waals surface area contributed by atoms with Crippen molar-refractivity contribution in [2.45, 2.75) is 32.2 Å². The summed E-state index contributed by atoms with van der Waals surface area (Å²) < 4.78 is 0. The van der Waals surface area contributed by atoms with Crippen LogP contribution in [-0.4, -0.2) is 26.8 Å². The van der Waals surface area contributed by atoms with Crippen molar-refractivity contribution >= 4 is 22.6 Å². The number of carboxylic acid groups (broad SMARTS) is 1. The van der Waals surface area contributed by atoms with Crippen LogP contribution in [-0.2, 0) is 4.79 Å². The summed E-state index contributed by atoms with van der Waals surface area (Å²) in [6, 6.07) is 7.73. The number of nitrogens with one attached hydrogen (secondary N) is 1. The van der Waals surface area contributed by atoms with Crippen LogP contribution in [0.15, 0.2) is 30.5 Å². The van der Waals surface area contributed by atoms with Crippen LogP contribution < -0.4 is 5.32 Å². The van der Waals surface area contributed by atoms with E-state index in [2.05, 4.69) is 15.5 Å². The molecule has 5 heteroatoms. The number of fused-ring (bicyclic) bond motifs is 1. The molecule has 0 fully saturated rings. The molecule has 1 aromatic heterocycles. The van der Waals surface area contributed by atoms with Gasteiger partial charge in [0, 0.05) is 17.3 Å². The standard InChI is InChI=1S/C14H17N3O2/c1-14(2,8-7-13(18)19)16-12-9-15-17-11-6-4-3-5-10(11)12/h3-6,9H,7-8H2,1-2H3,(H,16,17)(H,18,19). The van der Waals surface area contributed by atoms with Gasteiger partial charge in [-0.2, -0.15) is 10.2 Å². The third-order valence-electron chi connectivity index (χ3n) is 2.98. The van der Waals surface area contributed by atoms with Crippen molar-refractivity contribution in [2.24, 2.45) is 0 Å². The average molecular weight is 259 g/mol. The Morgan fingerprint density at radius 3 is 2.84 bits per heavy atom. The summed E-state index contributed by atoms with van der Waals surface area (Å²) in [6.07, 6.45) is 2.35. The number of hydrogen-bond donors (Lipinski definition) is 2. The van der Waals surface area contributed by atoms with E-state index in [1.807, 2.05) is 38.1 Å². The minimum Gasteiger partial charge on any atom is -0.481 e. The van der Waals surface area contributed by atoms with Crippen molar-refractivity contribution in [3.8, 4) is 0 Å². The minimum atomic E-state index is -0.785. The third kappa shape index (κ3) is 3.40. The highest BCUT2D eigenvalue weighted by atomic mass is 16.4. The van der Waals surface area contributed by atoms with E-state index in [1.165, 1.54) is 0 Å². The number of aliphatic carboxylic acids is 1. The molecule has 1 aromatic carbocycles. The van der Waals surface area contributed by atoms with Crippen molar-refractivity contribution in [2.75, 3.05) is 5.32 Å². The zero-order valence-electron chi connectivity index (χ0n) is 11.1. The zero-order valence-corrected chi connectivity index (χ0v) is 11.1. The van der Waals surface area contributed by atoms with E-state index in [0.29, 0.717) is 6.42 Å². The molecule has 19 heavy (non-hydrogen) atoms. The molecular weight excluding hydrogens is 242 g/mol. The van der Waals surface area contributed by atoms with Gasteiger partial charge in [-0.3, -0.25) is 4.79 Å². The first-order valence-electron chi connectivity index (χ1n) is 6.18. The van der Waals surface area contributed by atoms with Crippen LogP contribution in [0.4, 0.5) is 5.69 Å². The van der Waals surface area contributed by atoms with E-state index in [0.717, 1.165) is 16.6 Å². The van der Waals surface area contributed by atoms with Crippen LogP contribution in [0.5, 0.6) is 0 Å². The Morgan fingerprint density at radius 2 is 2.11 bits per heavy atom. The van der Waals surface area contributed by atoms with Crippen LogP contribution in [0.25, 0.3) is 10.9 Å². The van der Waals surface area contributed by atoms with Crippen LogP contribution in [0.2, 0.25) is 0 Å². The van der Waals surface area contributed by atoms with E-state index in [4.69, 9.17) is 5.11 Å². The molecule has 0 unspecified atom stereocenters. The van der Waals surface area contributed by atoms with Crippen LogP contribution in [0.3, 0.4) is 0 Å². The van der Waals surface area contributed by atoms with E-state index in [9.17, 15) is 4.79 Å². The SMILES string of the molecule is CC(C)(CCC(=O)O)Nc1cnnc2ccccc12. The molecule has 1 heterocycles. The summed E-state index contributed by atoms with van der Waals surface area (Å²) in [5, 5.41) is 21.1. The van der Waals surface area contributed by atoms with Crippen molar-refractivity contribution in [1.82, 2.24) is 10.2 Å². The number of rotatable bonds is 5. The Hall–Kier alpha value is -2.17. The second-order valence-electron chi connectivity index (χ2n) is 5.18. The van der Waals surface area contributed by atoms with E-state index >= 15 is 0 Å². The van der Waals surface area contributed by atoms with Gasteiger partial charge in [-0.15, -0.1) is 0 Å². The fourth-order valence-electron chi connectivity index (χ4n) is 1.95. The Morgan fingerprint density at radius 1 is 1.37 bits per heavy atom. The molecule has 2 N–H and O–H groups in total. The predicted molar refractivity (Wildman–Crippen MR) is 74.1 cm³/mol. The molecule has 0 bridgehead atoms. The number of hydrogen-bond acceptors (Lipinski definition) is 4. The molecule has 0 saturated heterocycles. The molecule has 0 saturated carbocycles. The number of carboxylic acids is 1.